The smallest absolute Gasteiger partial charge is 0.407 e. The van der Waals surface area contributed by atoms with E-state index in [-0.39, 0.29) is 12.5 Å². The molecular formula is C16H21BrClNO4. The van der Waals surface area contributed by atoms with E-state index < -0.39 is 17.7 Å². The number of benzene rings is 1. The number of rotatable bonds is 6. The molecule has 0 saturated heterocycles. The number of hydrogen-bond donors (Lipinski definition) is 2. The lowest BCUT2D eigenvalue weighted by atomic mass is 10.0. The van der Waals surface area contributed by atoms with Crippen LogP contribution in [0.15, 0.2) is 22.7 Å². The van der Waals surface area contributed by atoms with Gasteiger partial charge in [0.1, 0.15) is 5.60 Å². The van der Waals surface area contributed by atoms with Crippen molar-refractivity contribution in [1.29, 1.82) is 0 Å². The number of alkyl carbamates (subject to hydrolysis) is 1. The zero-order chi connectivity index (χ0) is 17.6. The highest BCUT2D eigenvalue weighted by Crippen LogP contribution is 2.23. The number of halogens is 2. The standard InChI is InChI=1S/C16H21BrClNO4/c1-16(2,3)23-15(22)19-12(6-7-14(20)21)8-10-4-5-11(17)9-13(10)18/h4-5,9,12H,6-8H2,1-3H3,(H,19,22)(H,20,21). The third-order valence-electron chi connectivity index (χ3n) is 2.91. The number of hydrogen-bond acceptors (Lipinski definition) is 3. The number of carbonyl (C=O) groups is 2. The number of carboxylic acids is 1. The molecule has 1 atom stereocenters. The molecule has 1 amide bonds. The number of amides is 1. The molecule has 1 unspecified atom stereocenters. The summed E-state index contributed by atoms with van der Waals surface area (Å²) in [5, 5.41) is 12.1. The topological polar surface area (TPSA) is 75.6 Å². The molecule has 7 heteroatoms. The largest absolute Gasteiger partial charge is 0.481 e. The molecule has 0 fully saturated rings. The van der Waals surface area contributed by atoms with Gasteiger partial charge in [0.2, 0.25) is 0 Å². The first-order valence-electron chi connectivity index (χ1n) is 7.22. The van der Waals surface area contributed by atoms with Crippen molar-refractivity contribution in [2.45, 2.75) is 51.7 Å². The molecule has 2 N–H and O–H groups in total. The summed E-state index contributed by atoms with van der Waals surface area (Å²) >= 11 is 9.52. The second-order valence-electron chi connectivity index (χ2n) is 6.22. The summed E-state index contributed by atoms with van der Waals surface area (Å²) in [6, 6.07) is 5.08. The van der Waals surface area contributed by atoms with Crippen LogP contribution in [-0.4, -0.2) is 28.8 Å². The van der Waals surface area contributed by atoms with Crippen molar-refractivity contribution in [1.82, 2.24) is 5.32 Å². The Labute approximate surface area is 149 Å². The van der Waals surface area contributed by atoms with Crippen LogP contribution in [0.4, 0.5) is 4.79 Å². The fraction of sp³-hybridized carbons (Fsp3) is 0.500. The van der Waals surface area contributed by atoms with E-state index in [4.69, 9.17) is 21.4 Å². The zero-order valence-corrected chi connectivity index (χ0v) is 15.7. The van der Waals surface area contributed by atoms with Gasteiger partial charge in [-0.05, 0) is 51.3 Å². The molecule has 0 heterocycles. The van der Waals surface area contributed by atoms with E-state index >= 15 is 0 Å². The maximum Gasteiger partial charge on any atom is 0.407 e. The quantitative estimate of drug-likeness (QED) is 0.734. The zero-order valence-electron chi connectivity index (χ0n) is 13.4. The highest BCUT2D eigenvalue weighted by Gasteiger charge is 2.21. The molecule has 1 rings (SSSR count). The average molecular weight is 407 g/mol. The van der Waals surface area contributed by atoms with E-state index in [1.54, 1.807) is 26.8 Å². The first kappa shape index (κ1) is 19.8. The Morgan fingerprint density at radius 2 is 2.04 bits per heavy atom. The minimum atomic E-state index is -0.914. The van der Waals surface area contributed by atoms with Crippen molar-refractivity contribution >= 4 is 39.6 Å². The van der Waals surface area contributed by atoms with Crippen LogP contribution in [0.3, 0.4) is 0 Å². The molecule has 1 aromatic carbocycles. The molecule has 128 valence electrons. The minimum Gasteiger partial charge on any atom is -0.481 e. The van der Waals surface area contributed by atoms with Gasteiger partial charge >= 0.3 is 12.1 Å². The van der Waals surface area contributed by atoms with Crippen LogP contribution in [0.2, 0.25) is 5.02 Å². The fourth-order valence-electron chi connectivity index (χ4n) is 1.95. The summed E-state index contributed by atoms with van der Waals surface area (Å²) in [6.45, 7) is 5.30. The predicted molar refractivity (Wildman–Crippen MR) is 92.9 cm³/mol. The normalized spacial score (nSPS) is 12.6. The Hall–Kier alpha value is -1.27. The van der Waals surface area contributed by atoms with Crippen LogP contribution in [0.1, 0.15) is 39.2 Å². The Bertz CT molecular complexity index is 572. The molecule has 23 heavy (non-hydrogen) atoms. The van der Waals surface area contributed by atoms with Crippen LogP contribution in [-0.2, 0) is 16.0 Å². The summed E-state index contributed by atoms with van der Waals surface area (Å²) in [7, 11) is 0. The predicted octanol–water partition coefficient (Wildman–Crippen LogP) is 4.40. The molecule has 0 radical (unpaired) electrons. The third kappa shape index (κ3) is 8.23. The maximum absolute atomic E-state index is 11.9. The number of aliphatic carboxylic acids is 1. The van der Waals surface area contributed by atoms with E-state index in [0.29, 0.717) is 17.9 Å². The van der Waals surface area contributed by atoms with Crippen LogP contribution in [0, 0.1) is 0 Å². The first-order chi connectivity index (χ1) is 10.6. The van der Waals surface area contributed by atoms with Crippen molar-refractivity contribution in [3.63, 3.8) is 0 Å². The molecule has 0 aromatic heterocycles. The first-order valence-corrected chi connectivity index (χ1v) is 8.39. The monoisotopic (exact) mass is 405 g/mol. The van der Waals surface area contributed by atoms with E-state index in [2.05, 4.69) is 21.2 Å². The van der Waals surface area contributed by atoms with E-state index in [9.17, 15) is 9.59 Å². The average Bonchev–Trinajstić information content (AvgIpc) is 2.36. The van der Waals surface area contributed by atoms with Gasteiger partial charge in [-0.15, -0.1) is 0 Å². The van der Waals surface area contributed by atoms with Crippen molar-refractivity contribution in [3.8, 4) is 0 Å². The van der Waals surface area contributed by atoms with Crippen molar-refractivity contribution in [2.24, 2.45) is 0 Å². The van der Waals surface area contributed by atoms with E-state index in [0.717, 1.165) is 10.0 Å². The number of nitrogens with one attached hydrogen (secondary N) is 1. The Balaban J connectivity index is 2.79. The van der Waals surface area contributed by atoms with Gasteiger partial charge in [-0.3, -0.25) is 4.79 Å². The van der Waals surface area contributed by atoms with Gasteiger partial charge in [-0.25, -0.2) is 4.79 Å². The van der Waals surface area contributed by atoms with Gasteiger partial charge in [0.05, 0.1) is 0 Å². The molecule has 0 spiro atoms. The van der Waals surface area contributed by atoms with Gasteiger partial charge in [-0.2, -0.15) is 0 Å². The van der Waals surface area contributed by atoms with Crippen molar-refractivity contribution in [3.05, 3.63) is 33.3 Å². The molecule has 0 bridgehead atoms. The van der Waals surface area contributed by atoms with Crippen LogP contribution < -0.4 is 5.32 Å². The Morgan fingerprint density at radius 1 is 1.39 bits per heavy atom. The molecular weight excluding hydrogens is 386 g/mol. The highest BCUT2D eigenvalue weighted by molar-refractivity contribution is 9.10. The van der Waals surface area contributed by atoms with Gasteiger partial charge in [0, 0.05) is 22.0 Å². The summed E-state index contributed by atoms with van der Waals surface area (Å²) < 4.78 is 6.08. The molecule has 0 aliphatic carbocycles. The van der Waals surface area contributed by atoms with Gasteiger partial charge in [0.25, 0.3) is 0 Å². The SMILES string of the molecule is CC(C)(C)OC(=O)NC(CCC(=O)O)Cc1ccc(Br)cc1Cl. The van der Waals surface area contributed by atoms with Crippen molar-refractivity contribution in [2.75, 3.05) is 0 Å². The molecule has 0 saturated carbocycles. The number of carboxylic acid groups (broad SMARTS) is 1. The second kappa shape index (κ2) is 8.55. The highest BCUT2D eigenvalue weighted by atomic mass is 79.9. The lowest BCUT2D eigenvalue weighted by Gasteiger charge is -2.23. The maximum atomic E-state index is 11.9. The van der Waals surface area contributed by atoms with Crippen LogP contribution in [0.25, 0.3) is 0 Å². The lowest BCUT2D eigenvalue weighted by Crippen LogP contribution is -2.40. The summed E-state index contributed by atoms with van der Waals surface area (Å²) in [6.07, 6.45) is 0.106. The third-order valence-corrected chi connectivity index (χ3v) is 3.75. The molecule has 1 aromatic rings. The van der Waals surface area contributed by atoms with Gasteiger partial charge in [0.15, 0.2) is 0 Å². The molecule has 0 aliphatic heterocycles. The Kier molecular flexibility index (Phi) is 7.35. The van der Waals surface area contributed by atoms with E-state index in [1.807, 2.05) is 12.1 Å². The Morgan fingerprint density at radius 3 is 2.57 bits per heavy atom. The fourth-order valence-corrected chi connectivity index (χ4v) is 2.70. The second-order valence-corrected chi connectivity index (χ2v) is 7.54. The summed E-state index contributed by atoms with van der Waals surface area (Å²) in [5.74, 6) is -0.914. The van der Waals surface area contributed by atoms with Crippen molar-refractivity contribution < 1.29 is 19.4 Å². The van der Waals surface area contributed by atoms with E-state index in [1.165, 1.54) is 0 Å². The summed E-state index contributed by atoms with van der Waals surface area (Å²) in [4.78, 5) is 22.7. The molecule has 5 nitrogen and oxygen atoms in total. The van der Waals surface area contributed by atoms with Gasteiger partial charge in [-0.1, -0.05) is 33.6 Å². The van der Waals surface area contributed by atoms with Gasteiger partial charge < -0.3 is 15.2 Å². The van der Waals surface area contributed by atoms with Crippen LogP contribution in [0.5, 0.6) is 0 Å². The minimum absolute atomic E-state index is 0.0470. The molecule has 0 aliphatic rings. The number of ether oxygens (including phenoxy) is 1. The number of carbonyl (C=O) groups excluding carboxylic acids is 1. The summed E-state index contributed by atoms with van der Waals surface area (Å²) in [5.41, 5.74) is 0.220. The van der Waals surface area contributed by atoms with Crippen LogP contribution >= 0.6 is 27.5 Å². The lowest BCUT2D eigenvalue weighted by molar-refractivity contribution is -0.137.